The molecule has 1 atom stereocenters. The molecule has 3 rings (SSSR count). The highest BCUT2D eigenvalue weighted by atomic mass is 35.5. The highest BCUT2D eigenvalue weighted by Crippen LogP contribution is 2.31. The second-order valence-corrected chi connectivity index (χ2v) is 7.33. The largest absolute Gasteiger partial charge is 0.340 e. The van der Waals surface area contributed by atoms with Crippen molar-refractivity contribution in [3.05, 3.63) is 28.2 Å². The van der Waals surface area contributed by atoms with E-state index in [-0.39, 0.29) is 23.8 Å². The number of nitrogens with zero attached hydrogens (tertiary/aromatic N) is 2. The van der Waals surface area contributed by atoms with E-state index in [0.717, 1.165) is 12.8 Å². The summed E-state index contributed by atoms with van der Waals surface area (Å²) in [5.74, 6) is 0.431. The molecule has 0 bridgehead atoms. The third-order valence-electron chi connectivity index (χ3n) is 4.61. The number of anilines is 1. The first-order valence-corrected chi connectivity index (χ1v) is 8.99. The molecule has 0 unspecified atom stereocenters. The summed E-state index contributed by atoms with van der Waals surface area (Å²) in [6.45, 7) is 4.68. The van der Waals surface area contributed by atoms with Crippen LogP contribution in [0.1, 0.15) is 19.8 Å². The van der Waals surface area contributed by atoms with Crippen molar-refractivity contribution < 1.29 is 9.59 Å². The van der Waals surface area contributed by atoms with Gasteiger partial charge in [-0.25, -0.2) is 0 Å². The summed E-state index contributed by atoms with van der Waals surface area (Å²) in [4.78, 5) is 28.5. The van der Waals surface area contributed by atoms with Crippen molar-refractivity contribution in [1.82, 2.24) is 9.80 Å². The molecular weight excluding hydrogens is 349 g/mol. The van der Waals surface area contributed by atoms with E-state index in [4.69, 9.17) is 23.2 Å². The van der Waals surface area contributed by atoms with Crippen LogP contribution in [0.5, 0.6) is 0 Å². The summed E-state index contributed by atoms with van der Waals surface area (Å²) in [5, 5.41) is 3.82. The average molecular weight is 370 g/mol. The predicted molar refractivity (Wildman–Crippen MR) is 95.4 cm³/mol. The molecule has 2 aliphatic rings. The first-order valence-electron chi connectivity index (χ1n) is 8.24. The van der Waals surface area contributed by atoms with E-state index in [1.165, 1.54) is 0 Å². The Labute approximate surface area is 151 Å². The van der Waals surface area contributed by atoms with Gasteiger partial charge in [0.2, 0.25) is 11.8 Å². The molecule has 5 nitrogen and oxygen atoms in total. The van der Waals surface area contributed by atoms with E-state index in [0.29, 0.717) is 41.9 Å². The van der Waals surface area contributed by atoms with Gasteiger partial charge in [-0.2, -0.15) is 0 Å². The number of halogens is 2. The van der Waals surface area contributed by atoms with Crippen molar-refractivity contribution in [2.45, 2.75) is 25.8 Å². The van der Waals surface area contributed by atoms with E-state index >= 15 is 0 Å². The summed E-state index contributed by atoms with van der Waals surface area (Å²) < 4.78 is 0. The molecule has 1 saturated heterocycles. The first kappa shape index (κ1) is 17.5. The minimum absolute atomic E-state index is 0.102. The average Bonchev–Trinajstić information content (AvgIpc) is 3.37. The second kappa shape index (κ2) is 7.30. The Kier molecular flexibility index (Phi) is 5.33. The molecule has 0 radical (unpaired) electrons. The van der Waals surface area contributed by atoms with Crippen LogP contribution in [0, 0.1) is 5.92 Å². The smallest absolute Gasteiger partial charge is 0.241 e. The molecule has 24 heavy (non-hydrogen) atoms. The van der Waals surface area contributed by atoms with Gasteiger partial charge < -0.3 is 10.2 Å². The molecule has 2 fully saturated rings. The normalized spacial score (nSPS) is 19.9. The van der Waals surface area contributed by atoms with Crippen LogP contribution in [-0.2, 0) is 9.59 Å². The van der Waals surface area contributed by atoms with Crippen molar-refractivity contribution in [3.8, 4) is 0 Å². The summed E-state index contributed by atoms with van der Waals surface area (Å²) in [5.41, 5.74) is 0.590. The molecule has 1 aliphatic heterocycles. The number of amides is 2. The Morgan fingerprint density at radius 2 is 1.67 bits per heavy atom. The first-order chi connectivity index (χ1) is 11.4. The Balaban J connectivity index is 1.53. The lowest BCUT2D eigenvalue weighted by molar-refractivity contribution is -0.135. The number of benzene rings is 1. The number of nitrogens with one attached hydrogen (secondary N) is 1. The topological polar surface area (TPSA) is 52.7 Å². The lowest BCUT2D eigenvalue weighted by Gasteiger charge is -2.37. The Hall–Kier alpha value is -1.30. The second-order valence-electron chi connectivity index (χ2n) is 6.46. The van der Waals surface area contributed by atoms with Crippen molar-refractivity contribution in [2.75, 3.05) is 31.5 Å². The van der Waals surface area contributed by atoms with Gasteiger partial charge >= 0.3 is 0 Å². The third kappa shape index (κ3) is 4.21. The molecule has 1 aliphatic carbocycles. The van der Waals surface area contributed by atoms with Crippen LogP contribution in [-0.4, -0.2) is 53.8 Å². The molecule has 1 heterocycles. The molecule has 1 aromatic carbocycles. The lowest BCUT2D eigenvalue weighted by atomic mass is 10.2. The van der Waals surface area contributed by atoms with Gasteiger partial charge in [0.05, 0.1) is 6.04 Å². The fourth-order valence-corrected chi connectivity index (χ4v) is 3.48. The zero-order chi connectivity index (χ0) is 17.3. The number of rotatable bonds is 4. The minimum Gasteiger partial charge on any atom is -0.340 e. The lowest BCUT2D eigenvalue weighted by Crippen LogP contribution is -2.54. The van der Waals surface area contributed by atoms with Crippen LogP contribution in [0.25, 0.3) is 0 Å². The SMILES string of the molecule is C[C@@H](C(=O)Nc1cc(Cl)cc(Cl)c1)N1CCN(C(=O)C2CC2)CC1. The molecule has 7 heteroatoms. The molecule has 2 amide bonds. The summed E-state index contributed by atoms with van der Waals surface area (Å²) in [6.07, 6.45) is 2.06. The molecule has 130 valence electrons. The quantitative estimate of drug-likeness (QED) is 0.887. The van der Waals surface area contributed by atoms with Gasteiger partial charge in [-0.05, 0) is 38.0 Å². The zero-order valence-electron chi connectivity index (χ0n) is 13.6. The van der Waals surface area contributed by atoms with Gasteiger partial charge in [0.15, 0.2) is 0 Å². The van der Waals surface area contributed by atoms with Gasteiger partial charge in [-0.15, -0.1) is 0 Å². The highest BCUT2D eigenvalue weighted by Gasteiger charge is 2.35. The standard InChI is InChI=1S/C17H21Cl2N3O2/c1-11(16(23)20-15-9-13(18)8-14(19)10-15)21-4-6-22(7-5-21)17(24)12-2-3-12/h8-12H,2-7H2,1H3,(H,20,23)/t11-/m0/s1. The molecular formula is C17H21Cl2N3O2. The van der Waals surface area contributed by atoms with Crippen molar-refractivity contribution in [1.29, 1.82) is 0 Å². The molecule has 0 aromatic heterocycles. The maximum atomic E-state index is 12.4. The fourth-order valence-electron chi connectivity index (χ4n) is 2.96. The third-order valence-corrected chi connectivity index (χ3v) is 5.05. The molecule has 1 saturated carbocycles. The number of piperazine rings is 1. The Morgan fingerprint density at radius 3 is 2.21 bits per heavy atom. The predicted octanol–water partition coefficient (Wildman–Crippen LogP) is 2.87. The van der Waals surface area contributed by atoms with Crippen LogP contribution in [0.2, 0.25) is 10.0 Å². The fraction of sp³-hybridized carbons (Fsp3) is 0.529. The van der Waals surface area contributed by atoms with Crippen molar-refractivity contribution in [2.24, 2.45) is 5.92 Å². The molecule has 1 aromatic rings. The summed E-state index contributed by atoms with van der Waals surface area (Å²) in [7, 11) is 0. The number of hydrogen-bond acceptors (Lipinski definition) is 3. The summed E-state index contributed by atoms with van der Waals surface area (Å²) >= 11 is 11.9. The van der Waals surface area contributed by atoms with E-state index in [1.54, 1.807) is 18.2 Å². The van der Waals surface area contributed by atoms with Crippen LogP contribution in [0.3, 0.4) is 0 Å². The van der Waals surface area contributed by atoms with Crippen LogP contribution >= 0.6 is 23.2 Å². The van der Waals surface area contributed by atoms with Crippen LogP contribution in [0.4, 0.5) is 5.69 Å². The van der Waals surface area contributed by atoms with Gasteiger partial charge in [0, 0.05) is 47.8 Å². The van der Waals surface area contributed by atoms with E-state index in [9.17, 15) is 9.59 Å². The minimum atomic E-state index is -0.277. The number of hydrogen-bond donors (Lipinski definition) is 1. The Morgan fingerprint density at radius 1 is 1.08 bits per heavy atom. The molecule has 0 spiro atoms. The van der Waals surface area contributed by atoms with E-state index in [2.05, 4.69) is 10.2 Å². The van der Waals surface area contributed by atoms with Crippen molar-refractivity contribution >= 4 is 40.7 Å². The summed E-state index contributed by atoms with van der Waals surface area (Å²) in [6, 6.07) is 4.69. The van der Waals surface area contributed by atoms with Gasteiger partial charge in [0.25, 0.3) is 0 Å². The maximum Gasteiger partial charge on any atom is 0.241 e. The van der Waals surface area contributed by atoms with Gasteiger partial charge in [-0.1, -0.05) is 23.2 Å². The Bertz CT molecular complexity index is 620. The maximum absolute atomic E-state index is 12.4. The van der Waals surface area contributed by atoms with E-state index in [1.807, 2.05) is 11.8 Å². The van der Waals surface area contributed by atoms with Crippen LogP contribution in [0.15, 0.2) is 18.2 Å². The monoisotopic (exact) mass is 369 g/mol. The van der Waals surface area contributed by atoms with Gasteiger partial charge in [0.1, 0.15) is 0 Å². The zero-order valence-corrected chi connectivity index (χ0v) is 15.1. The molecule has 1 N–H and O–H groups in total. The van der Waals surface area contributed by atoms with Crippen LogP contribution < -0.4 is 5.32 Å². The highest BCUT2D eigenvalue weighted by molar-refractivity contribution is 6.35. The van der Waals surface area contributed by atoms with Crippen molar-refractivity contribution in [3.63, 3.8) is 0 Å². The van der Waals surface area contributed by atoms with Gasteiger partial charge in [-0.3, -0.25) is 14.5 Å². The van der Waals surface area contributed by atoms with E-state index < -0.39 is 0 Å². The number of carbonyl (C=O) groups is 2. The number of carbonyl (C=O) groups excluding carboxylic acids is 2.